The fourth-order valence-corrected chi connectivity index (χ4v) is 3.73. The van der Waals surface area contributed by atoms with E-state index < -0.39 is 5.97 Å². The minimum atomic E-state index is -0.619. The topological polar surface area (TPSA) is 59.3 Å². The molecule has 4 rings (SSSR count). The molecule has 0 aliphatic heterocycles. The number of ether oxygens (including phenoxy) is 2. The average Bonchev–Trinajstić information content (AvgIpc) is 2.91. The van der Waals surface area contributed by atoms with Gasteiger partial charge in [0.1, 0.15) is 17.4 Å². The van der Waals surface area contributed by atoms with Crippen molar-refractivity contribution >= 4 is 33.1 Å². The molecule has 0 bridgehead atoms. The maximum absolute atomic E-state index is 12.4. The Bertz CT molecular complexity index is 1250. The molecule has 0 fully saturated rings. The molecule has 2 aromatic carbocycles. The maximum atomic E-state index is 12.4. The summed E-state index contributed by atoms with van der Waals surface area (Å²) in [7, 11) is 1.61. The molecular weight excluding hydrogens is 338 g/mol. The zero-order valence-corrected chi connectivity index (χ0v) is 15.1. The summed E-state index contributed by atoms with van der Waals surface area (Å²) in [6.45, 7) is 1.93. The van der Waals surface area contributed by atoms with E-state index in [0.29, 0.717) is 11.0 Å². The van der Waals surface area contributed by atoms with Crippen molar-refractivity contribution in [2.45, 2.75) is 6.92 Å². The number of esters is 1. The molecule has 0 unspecified atom stereocenters. The lowest BCUT2D eigenvalue weighted by atomic mass is 9.96. The first-order valence-electron chi connectivity index (χ1n) is 8.72. The SMILES string of the molecule is CCOC(=O)/C(C#N)=c1\cc2ccccc3c-2c1c(OC)c1ccccc13. The molecule has 27 heavy (non-hydrogen) atoms. The van der Waals surface area contributed by atoms with Gasteiger partial charge in [0.25, 0.3) is 0 Å². The Hall–Kier alpha value is -3.58. The van der Waals surface area contributed by atoms with E-state index in [1.807, 2.05) is 48.5 Å². The van der Waals surface area contributed by atoms with Gasteiger partial charge < -0.3 is 9.47 Å². The lowest BCUT2D eigenvalue weighted by Crippen LogP contribution is -2.14. The normalized spacial score (nSPS) is 12.2. The first-order chi connectivity index (χ1) is 13.2. The standard InChI is InChI=1S/C23H17NO3/c1-3-27-23(25)19(13-24)18-12-14-8-4-5-10-16-15-9-6-7-11-17(15)22(26-2)21(18)20(14)16/h4-12H,3H2,1-2H3/b19-18+. The molecule has 0 heterocycles. The number of carbonyl (C=O) groups is 1. The quantitative estimate of drug-likeness (QED) is 0.520. The Morgan fingerprint density at radius 1 is 1.04 bits per heavy atom. The summed E-state index contributed by atoms with van der Waals surface area (Å²) in [6, 6.07) is 19.9. The fraction of sp³-hybridized carbons (Fsp3) is 0.130. The van der Waals surface area contributed by atoms with Crippen LogP contribution in [-0.2, 0) is 9.53 Å². The van der Waals surface area contributed by atoms with Crippen molar-refractivity contribution < 1.29 is 14.3 Å². The van der Waals surface area contributed by atoms with E-state index in [4.69, 9.17) is 9.47 Å². The zero-order chi connectivity index (χ0) is 19.0. The van der Waals surface area contributed by atoms with Crippen molar-refractivity contribution in [3.8, 4) is 22.9 Å². The molecule has 4 heteroatoms. The second kappa shape index (κ2) is 6.62. The highest BCUT2D eigenvalue weighted by atomic mass is 16.5. The number of methoxy groups -OCH3 is 1. The molecule has 0 aromatic heterocycles. The van der Waals surface area contributed by atoms with E-state index in [1.54, 1.807) is 14.0 Å². The van der Waals surface area contributed by atoms with Crippen molar-refractivity contribution in [2.75, 3.05) is 13.7 Å². The number of fused-ring (bicyclic) bond motifs is 2. The van der Waals surface area contributed by atoms with E-state index in [2.05, 4.69) is 12.1 Å². The van der Waals surface area contributed by atoms with Crippen LogP contribution in [0.1, 0.15) is 6.92 Å². The molecular formula is C23H17NO3. The third-order valence-electron chi connectivity index (χ3n) is 4.78. The molecule has 132 valence electrons. The van der Waals surface area contributed by atoms with E-state index >= 15 is 0 Å². The smallest absolute Gasteiger partial charge is 0.349 e. The Morgan fingerprint density at radius 3 is 2.37 bits per heavy atom. The first kappa shape index (κ1) is 16.9. The van der Waals surface area contributed by atoms with Gasteiger partial charge in [-0.15, -0.1) is 0 Å². The van der Waals surface area contributed by atoms with Crippen molar-refractivity contribution in [3.63, 3.8) is 0 Å². The van der Waals surface area contributed by atoms with Gasteiger partial charge in [0.05, 0.1) is 13.7 Å². The summed E-state index contributed by atoms with van der Waals surface area (Å²) in [4.78, 5) is 12.4. The predicted octanol–water partition coefficient (Wildman–Crippen LogP) is 4.06. The van der Waals surface area contributed by atoms with Gasteiger partial charge >= 0.3 is 5.97 Å². The summed E-state index contributed by atoms with van der Waals surface area (Å²) < 4.78 is 10.9. The highest BCUT2D eigenvalue weighted by Crippen LogP contribution is 2.43. The van der Waals surface area contributed by atoms with Crippen molar-refractivity contribution in [1.29, 1.82) is 5.26 Å². The van der Waals surface area contributed by atoms with Gasteiger partial charge in [-0.2, -0.15) is 5.26 Å². The van der Waals surface area contributed by atoms with E-state index in [9.17, 15) is 10.1 Å². The third kappa shape index (κ3) is 2.48. The second-order valence-electron chi connectivity index (χ2n) is 6.18. The number of nitrogens with zero attached hydrogens (tertiary/aromatic N) is 1. The largest absolute Gasteiger partial charge is 0.495 e. The van der Waals surface area contributed by atoms with Crippen LogP contribution >= 0.6 is 0 Å². The Morgan fingerprint density at radius 2 is 1.70 bits per heavy atom. The van der Waals surface area contributed by atoms with Crippen LogP contribution in [0.3, 0.4) is 0 Å². The Balaban J connectivity index is 2.33. The van der Waals surface area contributed by atoms with E-state index in [-0.39, 0.29) is 12.2 Å². The highest BCUT2D eigenvalue weighted by molar-refractivity contribution is 6.22. The summed E-state index contributed by atoms with van der Waals surface area (Å²) in [5.74, 6) is 0.0399. The zero-order valence-electron chi connectivity index (χ0n) is 15.1. The van der Waals surface area contributed by atoms with Crippen LogP contribution in [0.2, 0.25) is 0 Å². The van der Waals surface area contributed by atoms with Crippen LogP contribution < -0.4 is 9.96 Å². The van der Waals surface area contributed by atoms with Gasteiger partial charge in [0.15, 0.2) is 0 Å². The average molecular weight is 355 g/mol. The van der Waals surface area contributed by atoms with Gasteiger partial charge in [0.2, 0.25) is 0 Å². The molecule has 0 radical (unpaired) electrons. The van der Waals surface area contributed by atoms with Gasteiger partial charge in [0, 0.05) is 21.6 Å². The molecule has 0 N–H and O–H groups in total. The number of carbonyl (C=O) groups excluding carboxylic acids is 1. The summed E-state index contributed by atoms with van der Waals surface area (Å²) in [5.41, 5.74) is 1.91. The minimum absolute atomic E-state index is 0.00872. The number of hydrogen-bond acceptors (Lipinski definition) is 4. The molecule has 2 aromatic rings. The first-order valence-corrected chi connectivity index (χ1v) is 8.72. The van der Waals surface area contributed by atoms with Gasteiger partial charge in [-0.3, -0.25) is 0 Å². The van der Waals surface area contributed by atoms with Crippen molar-refractivity contribution in [3.05, 3.63) is 59.8 Å². The monoisotopic (exact) mass is 355 g/mol. The number of rotatable bonds is 3. The summed E-state index contributed by atoms with van der Waals surface area (Å²) in [6.07, 6.45) is 0. The number of hydrogen-bond donors (Lipinski definition) is 0. The third-order valence-corrected chi connectivity index (χ3v) is 4.78. The number of nitriles is 1. The Kier molecular flexibility index (Phi) is 4.13. The van der Waals surface area contributed by atoms with Crippen molar-refractivity contribution in [1.82, 2.24) is 0 Å². The molecule has 2 aliphatic carbocycles. The van der Waals surface area contributed by atoms with Crippen LogP contribution in [0.25, 0.3) is 38.2 Å². The molecule has 0 spiro atoms. The molecule has 0 saturated carbocycles. The molecule has 4 nitrogen and oxygen atoms in total. The number of benzene rings is 2. The lowest BCUT2D eigenvalue weighted by molar-refractivity contribution is -0.136. The Labute approximate surface area is 156 Å². The van der Waals surface area contributed by atoms with Gasteiger partial charge in [-0.05, 0) is 29.3 Å². The van der Waals surface area contributed by atoms with Gasteiger partial charge in [-0.1, -0.05) is 48.5 Å². The van der Waals surface area contributed by atoms with Crippen LogP contribution in [-0.4, -0.2) is 19.7 Å². The fourth-order valence-electron chi connectivity index (χ4n) is 3.73. The van der Waals surface area contributed by atoms with Crippen LogP contribution in [0, 0.1) is 11.3 Å². The van der Waals surface area contributed by atoms with E-state index in [0.717, 1.165) is 32.7 Å². The summed E-state index contributed by atoms with van der Waals surface area (Å²) in [5, 5.41) is 14.0. The maximum Gasteiger partial charge on any atom is 0.349 e. The van der Waals surface area contributed by atoms with Crippen LogP contribution in [0.15, 0.2) is 54.6 Å². The summed E-state index contributed by atoms with van der Waals surface area (Å²) >= 11 is 0. The van der Waals surface area contributed by atoms with Crippen LogP contribution in [0.5, 0.6) is 5.75 Å². The predicted molar refractivity (Wildman–Crippen MR) is 106 cm³/mol. The van der Waals surface area contributed by atoms with Crippen LogP contribution in [0.4, 0.5) is 0 Å². The second-order valence-corrected chi connectivity index (χ2v) is 6.18. The molecule has 0 amide bonds. The molecule has 2 aliphatic rings. The molecule has 0 atom stereocenters. The lowest BCUT2D eigenvalue weighted by Gasteiger charge is -2.12. The highest BCUT2D eigenvalue weighted by Gasteiger charge is 2.23. The van der Waals surface area contributed by atoms with Gasteiger partial charge in [-0.25, -0.2) is 4.79 Å². The van der Waals surface area contributed by atoms with Crippen molar-refractivity contribution in [2.24, 2.45) is 0 Å². The van der Waals surface area contributed by atoms with E-state index in [1.165, 1.54) is 0 Å². The minimum Gasteiger partial charge on any atom is -0.495 e. The molecule has 0 saturated heterocycles.